The van der Waals surface area contributed by atoms with Gasteiger partial charge in [-0.15, -0.1) is 35.4 Å². The normalized spacial score (nSPS) is 14.1. The molecular formula is C40H33N2O2Pt-. The average Bonchev–Trinajstić information content (AvgIpc) is 3.50. The number of oxazole rings is 1. The van der Waals surface area contributed by atoms with E-state index in [2.05, 4.69) is 45.0 Å². The summed E-state index contributed by atoms with van der Waals surface area (Å²) < 4.78 is 54.6. The first-order valence-corrected chi connectivity index (χ1v) is 14.4. The van der Waals surface area contributed by atoms with Crippen LogP contribution < -0.4 is 0 Å². The van der Waals surface area contributed by atoms with Crippen molar-refractivity contribution in [2.75, 3.05) is 0 Å². The molecule has 0 spiro atoms. The van der Waals surface area contributed by atoms with Crippen molar-refractivity contribution >= 4 is 22.0 Å². The number of para-hydroxylation sites is 1. The molecule has 226 valence electrons. The molecule has 2 aromatic heterocycles. The maximum Gasteiger partial charge on any atom is 0.230 e. The van der Waals surface area contributed by atoms with Crippen molar-refractivity contribution in [2.45, 2.75) is 39.9 Å². The van der Waals surface area contributed by atoms with E-state index in [1.807, 2.05) is 30.3 Å². The van der Waals surface area contributed by atoms with E-state index in [0.717, 1.165) is 27.6 Å². The molecule has 0 aliphatic carbocycles. The number of rotatable bonds is 4. The number of benzene rings is 5. The molecule has 0 bridgehead atoms. The molecule has 1 N–H and O–H groups in total. The van der Waals surface area contributed by atoms with Crippen LogP contribution in [0.1, 0.15) is 45.7 Å². The first-order chi connectivity index (χ1) is 23.6. The molecular weight excluding hydrogens is 736 g/mol. The number of hydrogen-bond acceptors (Lipinski definition) is 4. The van der Waals surface area contributed by atoms with E-state index in [-0.39, 0.29) is 49.2 Å². The number of phenols is 1. The molecule has 4 nitrogen and oxygen atoms in total. The number of pyridine rings is 1. The Kier molecular flexibility index (Phi) is 6.22. The minimum atomic E-state index is -2.53. The van der Waals surface area contributed by atoms with Gasteiger partial charge in [0.05, 0.1) is 11.1 Å². The van der Waals surface area contributed by atoms with Crippen molar-refractivity contribution in [3.05, 3.63) is 126 Å². The van der Waals surface area contributed by atoms with Gasteiger partial charge in [0.15, 0.2) is 0 Å². The molecule has 0 atom stereocenters. The Bertz CT molecular complexity index is 2390. The van der Waals surface area contributed by atoms with E-state index in [4.69, 9.17) is 22.6 Å². The van der Waals surface area contributed by atoms with Crippen LogP contribution in [0.15, 0.2) is 108 Å². The second-order valence-corrected chi connectivity index (χ2v) is 12.0. The summed E-state index contributed by atoms with van der Waals surface area (Å²) in [5.41, 5.74) is 6.96. The van der Waals surface area contributed by atoms with Gasteiger partial charge in [0, 0.05) is 41.0 Å². The molecule has 7 aromatic rings. The number of nitrogens with zero attached hydrogens (tertiary/aromatic N) is 2. The van der Waals surface area contributed by atoms with E-state index in [0.29, 0.717) is 38.9 Å². The third-order valence-electron chi connectivity index (χ3n) is 7.84. The molecule has 0 radical (unpaired) electrons. The Hall–Kier alpha value is -4.53. The predicted molar refractivity (Wildman–Crippen MR) is 180 cm³/mol. The van der Waals surface area contributed by atoms with Crippen LogP contribution in [0, 0.1) is 19.8 Å². The maximum atomic E-state index is 10.6. The quantitative estimate of drug-likeness (QED) is 0.181. The Labute approximate surface area is 286 Å². The SMILES string of the molecule is [2H]C([2H])([2H])c1cc(-c2cc(-c3[c-]c(-c4cc(C(C)(C)C)cc5cccnc45)ccc3)c3nc(-c4ccccc4O)oc3c2)cc(C([2H])([2H])[2H])c1.[Pt]. The van der Waals surface area contributed by atoms with Crippen molar-refractivity contribution in [2.24, 2.45) is 0 Å². The smallest absolute Gasteiger partial charge is 0.230 e. The second kappa shape index (κ2) is 11.8. The molecule has 0 fully saturated rings. The fourth-order valence-corrected chi connectivity index (χ4v) is 5.58. The van der Waals surface area contributed by atoms with Crippen molar-refractivity contribution in [3.63, 3.8) is 0 Å². The summed E-state index contributed by atoms with van der Waals surface area (Å²) in [5, 5.41) is 11.6. The van der Waals surface area contributed by atoms with Gasteiger partial charge in [-0.2, -0.15) is 0 Å². The number of aromatic hydroxyl groups is 1. The molecule has 5 aromatic carbocycles. The topological polar surface area (TPSA) is 59.2 Å². The molecule has 0 saturated carbocycles. The van der Waals surface area contributed by atoms with Crippen molar-refractivity contribution in [1.82, 2.24) is 9.97 Å². The molecule has 7 rings (SSSR count). The van der Waals surface area contributed by atoms with Crippen molar-refractivity contribution in [3.8, 4) is 50.6 Å². The third-order valence-corrected chi connectivity index (χ3v) is 7.84. The van der Waals surface area contributed by atoms with E-state index < -0.39 is 13.7 Å². The Morgan fingerprint density at radius 2 is 1.44 bits per heavy atom. The van der Waals surface area contributed by atoms with Crippen molar-refractivity contribution in [1.29, 1.82) is 0 Å². The zero-order valence-electron chi connectivity index (χ0n) is 30.9. The molecule has 0 aliphatic rings. The first-order valence-electron chi connectivity index (χ1n) is 17.4. The average molecular weight is 775 g/mol. The number of fused-ring (bicyclic) bond motifs is 2. The fraction of sp³-hybridized carbons (Fsp3) is 0.150. The summed E-state index contributed by atoms with van der Waals surface area (Å²) in [6.07, 6.45) is 1.77. The molecule has 0 amide bonds. The van der Waals surface area contributed by atoms with E-state index in [9.17, 15) is 5.11 Å². The monoisotopic (exact) mass is 774 g/mol. The van der Waals surface area contributed by atoms with Crippen LogP contribution in [0.2, 0.25) is 0 Å². The summed E-state index contributed by atoms with van der Waals surface area (Å²) in [7, 11) is 0. The van der Waals surface area contributed by atoms with Crippen LogP contribution in [-0.2, 0) is 26.5 Å². The minimum Gasteiger partial charge on any atom is -0.507 e. The summed E-state index contributed by atoms with van der Waals surface area (Å²) in [4.78, 5) is 9.55. The Morgan fingerprint density at radius 1 is 0.733 bits per heavy atom. The third kappa shape index (κ3) is 5.83. The molecule has 0 unspecified atom stereocenters. The zero-order chi connectivity index (χ0) is 35.6. The number of aromatic nitrogens is 2. The number of hydrogen-bond donors (Lipinski definition) is 1. The maximum absolute atomic E-state index is 10.6. The van der Waals surface area contributed by atoms with Gasteiger partial charge in [0.1, 0.15) is 11.3 Å². The summed E-state index contributed by atoms with van der Waals surface area (Å²) in [6.45, 7) is 1.44. The van der Waals surface area contributed by atoms with Crippen molar-refractivity contribution < 1.29 is 38.8 Å². The molecule has 0 aliphatic heterocycles. The predicted octanol–water partition coefficient (Wildman–Crippen LogP) is 10.5. The van der Waals surface area contributed by atoms with Gasteiger partial charge in [-0.1, -0.05) is 97.6 Å². The number of aryl methyl sites for hydroxylation is 2. The van der Waals surface area contributed by atoms with Crippen LogP contribution in [0.4, 0.5) is 0 Å². The van der Waals surface area contributed by atoms with E-state index in [1.165, 1.54) is 18.2 Å². The van der Waals surface area contributed by atoms with Gasteiger partial charge in [-0.05, 0) is 65.5 Å². The van der Waals surface area contributed by atoms with E-state index in [1.54, 1.807) is 36.5 Å². The summed E-state index contributed by atoms with van der Waals surface area (Å²) >= 11 is 0. The van der Waals surface area contributed by atoms with Crippen LogP contribution >= 0.6 is 0 Å². The van der Waals surface area contributed by atoms with Gasteiger partial charge >= 0.3 is 0 Å². The summed E-state index contributed by atoms with van der Waals surface area (Å²) in [5.74, 6) is 0.195. The fourth-order valence-electron chi connectivity index (χ4n) is 5.58. The minimum absolute atomic E-state index is 0. The number of phenolic OH excluding ortho intramolecular Hbond substituents is 1. The van der Waals surface area contributed by atoms with Gasteiger partial charge in [-0.3, -0.25) is 4.98 Å². The summed E-state index contributed by atoms with van der Waals surface area (Å²) in [6, 6.07) is 32.2. The van der Waals surface area contributed by atoms with E-state index >= 15 is 0 Å². The van der Waals surface area contributed by atoms with Crippen LogP contribution in [-0.4, -0.2) is 15.1 Å². The van der Waals surface area contributed by atoms with Crippen LogP contribution in [0.25, 0.3) is 66.8 Å². The zero-order valence-corrected chi connectivity index (χ0v) is 27.2. The molecule has 5 heteroatoms. The van der Waals surface area contributed by atoms with Gasteiger partial charge in [-0.25, -0.2) is 4.98 Å². The standard InChI is InChI=1S/C40H33N2O2.Pt/c1-24-16-25(2)18-29(17-24)30-21-33(38-36(22-30)44-39(42-38)32-13-6-7-14-35(32)43)26-10-8-11-27(19-26)34-23-31(40(3,4)5)20-28-12-9-15-41-37(28)34;/h6-18,20-23,43H,1-5H3;/q-1;/i1D3,2D3;. The van der Waals surface area contributed by atoms with Gasteiger partial charge < -0.3 is 9.52 Å². The molecule has 0 saturated heterocycles. The van der Waals surface area contributed by atoms with Crippen LogP contribution in [0.5, 0.6) is 5.75 Å². The first kappa shape index (κ1) is 23.8. The Balaban J connectivity index is 0.00000448. The van der Waals surface area contributed by atoms with Crippen LogP contribution in [0.3, 0.4) is 0 Å². The second-order valence-electron chi connectivity index (χ2n) is 12.0. The molecule has 45 heavy (non-hydrogen) atoms. The Morgan fingerprint density at radius 3 is 2.16 bits per heavy atom. The van der Waals surface area contributed by atoms with Gasteiger partial charge in [0.25, 0.3) is 0 Å². The molecule has 2 heterocycles. The largest absolute Gasteiger partial charge is 0.507 e. The van der Waals surface area contributed by atoms with Gasteiger partial charge in [0.2, 0.25) is 5.89 Å².